The van der Waals surface area contributed by atoms with Gasteiger partial charge in [-0.05, 0) is 37.0 Å². The minimum atomic E-state index is -2.66. The standard InChI is InChI=1S/C24H26F2N2O2/c1-16-7-6-8-17(2)20(16)21(29)28-14-23(15-28,11-18-9-4-3-5-10-18)22(30)27-13-19-12-24(19,25)26/h3-10,19H,11-15H2,1-2H3,(H,27,30). The molecule has 0 aromatic heterocycles. The number of halogens is 2. The number of hydrogen-bond acceptors (Lipinski definition) is 2. The summed E-state index contributed by atoms with van der Waals surface area (Å²) in [6, 6.07) is 15.3. The Balaban J connectivity index is 1.50. The first-order valence-electron chi connectivity index (χ1n) is 10.3. The lowest BCUT2D eigenvalue weighted by Crippen LogP contribution is -2.65. The highest BCUT2D eigenvalue weighted by molar-refractivity contribution is 5.99. The van der Waals surface area contributed by atoms with E-state index in [4.69, 9.17) is 0 Å². The van der Waals surface area contributed by atoms with E-state index in [0.717, 1.165) is 16.7 Å². The monoisotopic (exact) mass is 412 g/mol. The number of hydrogen-bond donors (Lipinski definition) is 1. The summed E-state index contributed by atoms with van der Waals surface area (Å²) in [5.74, 6) is -3.78. The molecule has 1 N–H and O–H groups in total. The number of amides is 2. The van der Waals surface area contributed by atoms with Gasteiger partial charge in [-0.25, -0.2) is 8.78 Å². The molecule has 2 aromatic carbocycles. The molecular weight excluding hydrogens is 386 g/mol. The molecule has 1 heterocycles. The Hall–Kier alpha value is -2.76. The van der Waals surface area contributed by atoms with Crippen LogP contribution in [0, 0.1) is 25.2 Å². The van der Waals surface area contributed by atoms with Crippen LogP contribution in [0.15, 0.2) is 48.5 Å². The Labute approximate surface area is 175 Å². The third-order valence-corrected chi connectivity index (χ3v) is 6.30. The summed E-state index contributed by atoms with van der Waals surface area (Å²) in [4.78, 5) is 27.8. The van der Waals surface area contributed by atoms with E-state index in [0.29, 0.717) is 12.0 Å². The van der Waals surface area contributed by atoms with E-state index in [1.54, 1.807) is 4.90 Å². The fourth-order valence-electron chi connectivity index (χ4n) is 4.35. The van der Waals surface area contributed by atoms with Crippen molar-refractivity contribution in [1.29, 1.82) is 0 Å². The SMILES string of the molecule is Cc1cccc(C)c1C(=O)N1CC(Cc2ccccc2)(C(=O)NCC2CC2(F)F)C1. The molecule has 0 bridgehead atoms. The Bertz CT molecular complexity index is 948. The van der Waals surface area contributed by atoms with Gasteiger partial charge in [0.2, 0.25) is 5.91 Å². The molecule has 158 valence electrons. The van der Waals surface area contributed by atoms with Gasteiger partial charge in [-0.3, -0.25) is 9.59 Å². The van der Waals surface area contributed by atoms with Crippen LogP contribution in [0.1, 0.15) is 33.5 Å². The molecule has 1 unspecified atom stereocenters. The van der Waals surface area contributed by atoms with Crippen LogP contribution in [0.3, 0.4) is 0 Å². The van der Waals surface area contributed by atoms with Crippen LogP contribution in [-0.2, 0) is 11.2 Å². The first-order valence-corrected chi connectivity index (χ1v) is 10.3. The van der Waals surface area contributed by atoms with Gasteiger partial charge in [-0.1, -0.05) is 48.5 Å². The lowest BCUT2D eigenvalue weighted by Gasteiger charge is -2.49. The second-order valence-electron chi connectivity index (χ2n) is 8.74. The number of nitrogens with one attached hydrogen (secondary N) is 1. The van der Waals surface area contributed by atoms with Gasteiger partial charge in [0.15, 0.2) is 0 Å². The number of nitrogens with zero attached hydrogens (tertiary/aromatic N) is 1. The molecule has 4 nitrogen and oxygen atoms in total. The lowest BCUT2D eigenvalue weighted by atomic mass is 9.73. The molecule has 6 heteroatoms. The van der Waals surface area contributed by atoms with E-state index in [1.165, 1.54) is 0 Å². The number of likely N-dealkylation sites (tertiary alicyclic amines) is 1. The third-order valence-electron chi connectivity index (χ3n) is 6.30. The fraction of sp³-hybridized carbons (Fsp3) is 0.417. The topological polar surface area (TPSA) is 49.4 Å². The zero-order chi connectivity index (χ0) is 21.5. The van der Waals surface area contributed by atoms with E-state index in [9.17, 15) is 18.4 Å². The third kappa shape index (κ3) is 3.83. The number of aryl methyl sites for hydroxylation is 2. The smallest absolute Gasteiger partial charge is 0.254 e. The largest absolute Gasteiger partial charge is 0.355 e. The number of carbonyl (C=O) groups excluding carboxylic acids is 2. The van der Waals surface area contributed by atoms with Crippen molar-refractivity contribution < 1.29 is 18.4 Å². The quantitative estimate of drug-likeness (QED) is 0.786. The van der Waals surface area contributed by atoms with Crippen LogP contribution >= 0.6 is 0 Å². The predicted molar refractivity (Wildman–Crippen MR) is 110 cm³/mol. The van der Waals surface area contributed by atoms with Crippen molar-refractivity contribution in [3.63, 3.8) is 0 Å². The van der Waals surface area contributed by atoms with E-state index in [1.807, 2.05) is 62.4 Å². The lowest BCUT2D eigenvalue weighted by molar-refractivity contribution is -0.139. The first-order chi connectivity index (χ1) is 14.2. The maximum Gasteiger partial charge on any atom is 0.254 e. The summed E-state index contributed by atoms with van der Waals surface area (Å²) < 4.78 is 26.4. The predicted octanol–water partition coefficient (Wildman–Crippen LogP) is 3.76. The van der Waals surface area contributed by atoms with Gasteiger partial charge in [-0.15, -0.1) is 0 Å². The second-order valence-corrected chi connectivity index (χ2v) is 8.74. The van der Waals surface area contributed by atoms with Crippen LogP contribution in [0.5, 0.6) is 0 Å². The van der Waals surface area contributed by atoms with Gasteiger partial charge in [0, 0.05) is 37.5 Å². The zero-order valence-corrected chi connectivity index (χ0v) is 17.3. The Morgan fingerprint density at radius 3 is 2.20 bits per heavy atom. The van der Waals surface area contributed by atoms with E-state index in [2.05, 4.69) is 5.32 Å². The summed E-state index contributed by atoms with van der Waals surface area (Å²) >= 11 is 0. The van der Waals surface area contributed by atoms with Gasteiger partial charge < -0.3 is 10.2 Å². The molecule has 0 spiro atoms. The van der Waals surface area contributed by atoms with Crippen molar-refractivity contribution in [1.82, 2.24) is 10.2 Å². The Morgan fingerprint density at radius 1 is 1.03 bits per heavy atom. The summed E-state index contributed by atoms with van der Waals surface area (Å²) in [6.45, 7) is 4.34. The molecule has 1 saturated heterocycles. The first kappa shape index (κ1) is 20.5. The summed E-state index contributed by atoms with van der Waals surface area (Å²) in [6.07, 6.45) is 0.299. The molecule has 2 fully saturated rings. The molecule has 1 saturated carbocycles. The van der Waals surface area contributed by atoms with Crippen LogP contribution < -0.4 is 5.32 Å². The van der Waals surface area contributed by atoms with Crippen LogP contribution in [0.2, 0.25) is 0 Å². The highest BCUT2D eigenvalue weighted by atomic mass is 19.3. The second kappa shape index (κ2) is 7.49. The van der Waals surface area contributed by atoms with Crippen molar-refractivity contribution >= 4 is 11.8 Å². The molecule has 30 heavy (non-hydrogen) atoms. The van der Waals surface area contributed by atoms with Gasteiger partial charge in [0.05, 0.1) is 5.41 Å². The molecule has 4 rings (SSSR count). The van der Waals surface area contributed by atoms with Gasteiger partial charge in [0.1, 0.15) is 0 Å². The summed E-state index contributed by atoms with van der Waals surface area (Å²) in [7, 11) is 0. The number of alkyl halides is 2. The molecule has 1 aliphatic heterocycles. The maximum absolute atomic E-state index is 13.2. The van der Waals surface area contributed by atoms with Crippen LogP contribution in [0.25, 0.3) is 0 Å². The Morgan fingerprint density at radius 2 is 1.63 bits per heavy atom. The fourth-order valence-corrected chi connectivity index (χ4v) is 4.35. The highest BCUT2D eigenvalue weighted by Crippen LogP contribution is 2.48. The van der Waals surface area contributed by atoms with Crippen molar-refractivity contribution in [2.75, 3.05) is 19.6 Å². The van der Waals surface area contributed by atoms with E-state index < -0.39 is 17.3 Å². The number of benzene rings is 2. The van der Waals surface area contributed by atoms with Crippen molar-refractivity contribution in [2.24, 2.45) is 11.3 Å². The van der Waals surface area contributed by atoms with Crippen LogP contribution in [-0.4, -0.2) is 42.3 Å². The number of carbonyl (C=O) groups is 2. The molecule has 2 amide bonds. The van der Waals surface area contributed by atoms with Crippen molar-refractivity contribution in [2.45, 2.75) is 32.6 Å². The number of rotatable bonds is 6. The normalized spacial score (nSPS) is 20.9. The minimum absolute atomic E-state index is 0.0206. The molecule has 1 atom stereocenters. The minimum Gasteiger partial charge on any atom is -0.355 e. The highest BCUT2D eigenvalue weighted by Gasteiger charge is 2.57. The average molecular weight is 412 g/mol. The zero-order valence-electron chi connectivity index (χ0n) is 17.3. The molecular formula is C24H26F2N2O2. The molecule has 2 aliphatic rings. The van der Waals surface area contributed by atoms with Gasteiger partial charge in [0.25, 0.3) is 11.8 Å². The van der Waals surface area contributed by atoms with E-state index >= 15 is 0 Å². The van der Waals surface area contributed by atoms with Gasteiger partial charge in [-0.2, -0.15) is 0 Å². The summed E-state index contributed by atoms with van der Waals surface area (Å²) in [5.41, 5.74) is 2.67. The molecule has 0 radical (unpaired) electrons. The maximum atomic E-state index is 13.2. The van der Waals surface area contributed by atoms with Crippen molar-refractivity contribution in [3.05, 3.63) is 70.8 Å². The Kier molecular flexibility index (Phi) is 5.12. The average Bonchev–Trinajstić information content (AvgIpc) is 3.29. The van der Waals surface area contributed by atoms with E-state index in [-0.39, 0.29) is 37.9 Å². The van der Waals surface area contributed by atoms with Crippen LogP contribution in [0.4, 0.5) is 8.78 Å². The molecule has 1 aliphatic carbocycles. The summed E-state index contributed by atoms with van der Waals surface area (Å²) in [5, 5.41) is 2.73. The van der Waals surface area contributed by atoms with Crippen molar-refractivity contribution in [3.8, 4) is 0 Å². The van der Waals surface area contributed by atoms with Gasteiger partial charge >= 0.3 is 0 Å². The molecule has 2 aromatic rings.